The van der Waals surface area contributed by atoms with E-state index < -0.39 is 0 Å². The fraction of sp³-hybridized carbons (Fsp3) is 0.294. The molecule has 19 heteroatoms. The highest BCUT2D eigenvalue weighted by Gasteiger charge is 2.30. The number of likely N-dealkylation sites (N-methyl/N-ethyl adjacent to an activating group) is 5. The second-order valence-corrected chi connectivity index (χ2v) is 33.2. The van der Waals surface area contributed by atoms with E-state index in [1.165, 1.54) is 44.5 Å². The number of para-hydroxylation sites is 7. The second kappa shape index (κ2) is 44.7. The molecule has 0 bridgehead atoms. The van der Waals surface area contributed by atoms with Crippen LogP contribution in [0.25, 0.3) is 66.8 Å². The lowest BCUT2D eigenvalue weighted by molar-refractivity contribution is 0.174. The van der Waals surface area contributed by atoms with E-state index in [4.69, 9.17) is 108 Å². The SMILES string of the molecule is CNCC1CCc2cccc(-c3ccccc3Cl)c2O1.CNC[C@H]1CCc2cccc(-c3cc(Cl)ccc3Cl)c2O1.CNC[C@H]1CCc2cccc(-c3ccc(Cl)cc3Cl)c2O1.CNC[C@H]1CCc2cccc(-c3ccccc3)c2O1.CNC[C@H]1CCc2cccc(-c3ccccc3OC)c2O1.NCC1CCc2cccc(-c3ccccc3Cl)c2O1. The van der Waals surface area contributed by atoms with E-state index in [0.29, 0.717) is 26.6 Å². The first-order chi connectivity index (χ1) is 59.2. The third kappa shape index (κ3) is 23.0. The maximum atomic E-state index is 6.35. The molecule has 6 aliphatic heterocycles. The van der Waals surface area contributed by atoms with E-state index in [0.717, 1.165) is 216 Å². The zero-order valence-electron chi connectivity index (χ0n) is 69.6. The standard InChI is InChI=1S/C18H21NO2.2C17H17Cl2NO.C17H18ClNO.C17H19NO.C16H16ClNO/c1-19-12-14-11-10-13-6-5-8-16(18(13)21-14)15-7-3-4-9-17(15)20-2;1-20-10-13-7-5-11-3-2-4-15(17(11)21-13)14-8-6-12(18)9-16(14)19;1-20-10-13-7-5-11-3-2-4-14(17(11)21-13)15-9-12(18)6-8-16(15)19;1-19-11-13-10-9-12-5-4-7-15(17(12)20-13)14-6-2-3-8-16(14)18;1-18-12-15-11-10-14-8-5-9-16(17(14)19-15)13-6-3-2-4-7-13;17-15-7-2-1-5-13(15)14-6-3-4-11-8-9-12(10-18)19-16(11)14/h3-9,14,19H,10-12H2,1-2H3;2*2-4,6,8-9,13,20H,5,7,10H2,1H3;2-8,13,19H,9-11H2,1H3;2-9,15,18H,10-12H2,1H3;1-7,12H,8-10,18H2/t14-;2*13-;;15-;/m111.1./s1. The summed E-state index contributed by atoms with van der Waals surface area (Å²) in [5, 5.41) is 20.1. The first-order valence-corrected chi connectivity index (χ1v) is 44.2. The lowest BCUT2D eigenvalue weighted by Gasteiger charge is -2.28. The average molecular weight is 1740 g/mol. The van der Waals surface area contributed by atoms with Gasteiger partial charge in [-0.2, -0.15) is 0 Å². The number of rotatable bonds is 18. The van der Waals surface area contributed by atoms with Gasteiger partial charge in [-0.05, 0) is 200 Å². The zero-order valence-corrected chi connectivity index (χ0v) is 74.1. The Kier molecular flexibility index (Phi) is 33.1. The molecule has 6 aliphatic rings. The molecule has 0 fully saturated rings. The predicted octanol–water partition coefficient (Wildman–Crippen LogP) is 23.3. The van der Waals surface area contributed by atoms with Gasteiger partial charge in [-0.25, -0.2) is 0 Å². The predicted molar refractivity (Wildman–Crippen MR) is 503 cm³/mol. The van der Waals surface area contributed by atoms with Crippen LogP contribution in [0, 0.1) is 0 Å². The van der Waals surface area contributed by atoms with Crippen LogP contribution in [0.4, 0.5) is 0 Å². The van der Waals surface area contributed by atoms with Gasteiger partial charge >= 0.3 is 0 Å². The lowest BCUT2D eigenvalue weighted by Crippen LogP contribution is -2.32. The Hall–Kier alpha value is -9.26. The Bertz CT molecular complexity index is 5410. The van der Waals surface area contributed by atoms with Crippen LogP contribution in [-0.4, -0.2) is 118 Å². The molecule has 12 aromatic carbocycles. The molecule has 6 atom stereocenters. The third-order valence-electron chi connectivity index (χ3n) is 22.4. The Labute approximate surface area is 744 Å². The highest BCUT2D eigenvalue weighted by molar-refractivity contribution is 6.37. The molecule has 630 valence electrons. The molecule has 7 N–H and O–H groups in total. The fourth-order valence-corrected chi connectivity index (χ4v) is 17.7. The van der Waals surface area contributed by atoms with Crippen LogP contribution in [0.1, 0.15) is 71.9 Å². The van der Waals surface area contributed by atoms with Crippen LogP contribution in [-0.2, 0) is 38.5 Å². The first kappa shape index (κ1) is 89.5. The van der Waals surface area contributed by atoms with Gasteiger partial charge in [-0.3, -0.25) is 0 Å². The molecule has 12 aromatic rings. The molecule has 0 amide bonds. The largest absolute Gasteiger partial charge is 0.496 e. The average Bonchev–Trinajstić information content (AvgIpc) is 1.08. The number of halogens is 6. The molecule has 0 saturated carbocycles. The van der Waals surface area contributed by atoms with Gasteiger partial charge in [0.1, 0.15) is 76.9 Å². The number of hydrogen-bond donors (Lipinski definition) is 6. The van der Waals surface area contributed by atoms with Gasteiger partial charge in [0.15, 0.2) is 0 Å². The molecule has 0 spiro atoms. The minimum Gasteiger partial charge on any atom is -0.496 e. The molecule has 121 heavy (non-hydrogen) atoms. The number of hydrogen-bond acceptors (Lipinski definition) is 13. The lowest BCUT2D eigenvalue weighted by atomic mass is 9.95. The maximum Gasteiger partial charge on any atom is 0.130 e. The summed E-state index contributed by atoms with van der Waals surface area (Å²) in [7, 11) is 11.5. The number of nitrogens with two attached hydrogens (primary N) is 1. The van der Waals surface area contributed by atoms with Crippen LogP contribution in [0.15, 0.2) is 249 Å². The van der Waals surface area contributed by atoms with Crippen molar-refractivity contribution in [3.63, 3.8) is 0 Å². The Morgan fingerprint density at radius 3 is 0.917 bits per heavy atom. The van der Waals surface area contributed by atoms with Gasteiger partial charge in [0.25, 0.3) is 0 Å². The van der Waals surface area contributed by atoms with Crippen molar-refractivity contribution in [3.8, 4) is 107 Å². The van der Waals surface area contributed by atoms with Gasteiger partial charge in [0, 0.05) is 126 Å². The number of fused-ring (bicyclic) bond motifs is 6. The summed E-state index contributed by atoms with van der Waals surface area (Å²) in [5.74, 6) is 6.78. The van der Waals surface area contributed by atoms with Crippen LogP contribution >= 0.6 is 69.6 Å². The smallest absolute Gasteiger partial charge is 0.130 e. The molecular formula is C102H108Cl6N6O7. The quantitative estimate of drug-likeness (QED) is 0.0484. The molecule has 0 radical (unpaired) electrons. The van der Waals surface area contributed by atoms with Crippen LogP contribution in [0.3, 0.4) is 0 Å². The first-order valence-electron chi connectivity index (χ1n) is 41.9. The summed E-state index contributed by atoms with van der Waals surface area (Å²) in [4.78, 5) is 0. The number of ether oxygens (including phenoxy) is 7. The van der Waals surface area contributed by atoms with E-state index >= 15 is 0 Å². The molecule has 0 saturated heterocycles. The Morgan fingerprint density at radius 2 is 0.554 bits per heavy atom. The summed E-state index contributed by atoms with van der Waals surface area (Å²) in [5.41, 5.74) is 26.1. The Morgan fingerprint density at radius 1 is 0.273 bits per heavy atom. The minimum atomic E-state index is 0.108. The highest BCUT2D eigenvalue weighted by Crippen LogP contribution is 2.47. The number of benzene rings is 12. The number of methoxy groups -OCH3 is 1. The Balaban J connectivity index is 0.000000125. The number of aryl methyl sites for hydroxylation is 6. The van der Waals surface area contributed by atoms with Gasteiger partial charge in [0.2, 0.25) is 0 Å². The summed E-state index contributed by atoms with van der Waals surface area (Å²) < 4.78 is 42.5. The summed E-state index contributed by atoms with van der Waals surface area (Å²) in [6, 6.07) is 83.2. The summed E-state index contributed by atoms with van der Waals surface area (Å²) >= 11 is 37.4. The normalized spacial score (nSPS) is 17.3. The van der Waals surface area contributed by atoms with Gasteiger partial charge < -0.3 is 65.5 Å². The van der Waals surface area contributed by atoms with Crippen LogP contribution < -0.4 is 65.5 Å². The van der Waals surface area contributed by atoms with Crippen molar-refractivity contribution in [1.82, 2.24) is 26.6 Å². The van der Waals surface area contributed by atoms with Crippen LogP contribution in [0.2, 0.25) is 30.1 Å². The number of nitrogens with one attached hydrogen (secondary N) is 5. The van der Waals surface area contributed by atoms with E-state index in [1.54, 1.807) is 19.2 Å². The minimum absolute atomic E-state index is 0.108. The highest BCUT2D eigenvalue weighted by atomic mass is 35.5. The van der Waals surface area contributed by atoms with Crippen LogP contribution in [0.5, 0.6) is 40.2 Å². The van der Waals surface area contributed by atoms with E-state index in [-0.39, 0.29) is 36.6 Å². The molecule has 0 aliphatic carbocycles. The molecule has 13 nitrogen and oxygen atoms in total. The molecular weight excluding hydrogens is 1630 g/mol. The van der Waals surface area contributed by atoms with Crippen molar-refractivity contribution in [2.45, 2.75) is 114 Å². The van der Waals surface area contributed by atoms with Crippen molar-refractivity contribution < 1.29 is 33.2 Å². The third-order valence-corrected chi connectivity index (χ3v) is 24.1. The maximum absolute atomic E-state index is 6.35. The van der Waals surface area contributed by atoms with Crippen molar-refractivity contribution in [3.05, 3.63) is 312 Å². The molecule has 18 rings (SSSR count). The van der Waals surface area contributed by atoms with Crippen molar-refractivity contribution in [2.75, 3.05) is 81.6 Å². The van der Waals surface area contributed by atoms with Gasteiger partial charge in [-0.15, -0.1) is 0 Å². The van der Waals surface area contributed by atoms with Gasteiger partial charge in [-0.1, -0.05) is 270 Å². The van der Waals surface area contributed by atoms with Crippen molar-refractivity contribution in [1.29, 1.82) is 0 Å². The molecule has 2 unspecified atom stereocenters. The van der Waals surface area contributed by atoms with Gasteiger partial charge in [0.05, 0.1) is 12.1 Å². The monoisotopic (exact) mass is 1740 g/mol. The van der Waals surface area contributed by atoms with Crippen molar-refractivity contribution in [2.24, 2.45) is 5.73 Å². The molecule has 0 aromatic heterocycles. The topological polar surface area (TPSA) is 151 Å². The summed E-state index contributed by atoms with van der Waals surface area (Å²) in [6.45, 7) is 4.90. The van der Waals surface area contributed by atoms with E-state index in [1.807, 2.05) is 144 Å². The van der Waals surface area contributed by atoms with Crippen molar-refractivity contribution >= 4 is 69.6 Å². The fourth-order valence-electron chi connectivity index (χ4n) is 16.3. The zero-order chi connectivity index (χ0) is 84.6. The second-order valence-electron chi connectivity index (χ2n) is 30.7. The van der Waals surface area contributed by atoms with E-state index in [9.17, 15) is 0 Å². The summed E-state index contributed by atoms with van der Waals surface area (Å²) in [6.07, 6.45) is 13.8. The molecule has 6 heterocycles. The van der Waals surface area contributed by atoms with E-state index in [2.05, 4.69) is 154 Å².